The molecule has 1 saturated heterocycles. The standard InChI is InChI=1S/C17H25NO2/c1-2-3-4-10-18-11-6-8-15(18)14-7-5-9-16-17(14)20-13-12-19-16/h5,7,9,15H,2-4,6,8,10-13H2,1H3. The number of hydrogen-bond donors (Lipinski definition) is 0. The van der Waals surface area contributed by atoms with E-state index >= 15 is 0 Å². The smallest absolute Gasteiger partial charge is 0.166 e. The Kier molecular flexibility index (Phi) is 4.46. The van der Waals surface area contributed by atoms with Crippen LogP contribution in [0.2, 0.25) is 0 Å². The van der Waals surface area contributed by atoms with Crippen molar-refractivity contribution in [1.29, 1.82) is 0 Å². The third-order valence-electron chi connectivity index (χ3n) is 4.37. The van der Waals surface area contributed by atoms with E-state index in [1.54, 1.807) is 0 Å². The SMILES string of the molecule is CCCCCN1CCCC1c1cccc2c1OCCO2. The third kappa shape index (κ3) is 2.78. The van der Waals surface area contributed by atoms with E-state index in [9.17, 15) is 0 Å². The first-order valence-electron chi connectivity index (χ1n) is 8.02. The van der Waals surface area contributed by atoms with Crippen LogP contribution in [0.15, 0.2) is 18.2 Å². The highest BCUT2D eigenvalue weighted by Crippen LogP contribution is 2.42. The van der Waals surface area contributed by atoms with Crippen molar-refractivity contribution in [3.05, 3.63) is 23.8 Å². The molecule has 1 fully saturated rings. The molecule has 0 spiro atoms. The second-order valence-corrected chi connectivity index (χ2v) is 5.77. The lowest BCUT2D eigenvalue weighted by atomic mass is 10.0. The van der Waals surface area contributed by atoms with Crippen LogP contribution in [0.25, 0.3) is 0 Å². The molecule has 2 aliphatic rings. The van der Waals surface area contributed by atoms with Gasteiger partial charge in [-0.2, -0.15) is 0 Å². The fourth-order valence-corrected chi connectivity index (χ4v) is 3.37. The van der Waals surface area contributed by atoms with E-state index in [-0.39, 0.29) is 0 Å². The number of rotatable bonds is 5. The molecular weight excluding hydrogens is 250 g/mol. The number of ether oxygens (including phenoxy) is 2. The summed E-state index contributed by atoms with van der Waals surface area (Å²) in [6.07, 6.45) is 6.46. The fourth-order valence-electron chi connectivity index (χ4n) is 3.37. The number of hydrogen-bond acceptors (Lipinski definition) is 3. The second kappa shape index (κ2) is 6.49. The minimum atomic E-state index is 0.517. The Labute approximate surface area is 121 Å². The molecule has 1 atom stereocenters. The molecular formula is C17H25NO2. The molecule has 0 amide bonds. The highest BCUT2D eigenvalue weighted by Gasteiger charge is 2.29. The minimum Gasteiger partial charge on any atom is -0.486 e. The second-order valence-electron chi connectivity index (χ2n) is 5.77. The molecule has 2 heterocycles. The van der Waals surface area contributed by atoms with Gasteiger partial charge in [-0.15, -0.1) is 0 Å². The van der Waals surface area contributed by atoms with Crippen molar-refractivity contribution in [2.45, 2.75) is 45.1 Å². The van der Waals surface area contributed by atoms with E-state index in [2.05, 4.69) is 24.0 Å². The van der Waals surface area contributed by atoms with Gasteiger partial charge in [0.05, 0.1) is 0 Å². The molecule has 0 aliphatic carbocycles. The van der Waals surface area contributed by atoms with Crippen LogP contribution in [0, 0.1) is 0 Å². The number of fused-ring (bicyclic) bond motifs is 1. The molecule has 20 heavy (non-hydrogen) atoms. The normalized spacial score (nSPS) is 22.1. The highest BCUT2D eigenvalue weighted by atomic mass is 16.6. The Balaban J connectivity index is 1.77. The zero-order valence-electron chi connectivity index (χ0n) is 12.4. The maximum Gasteiger partial charge on any atom is 0.166 e. The van der Waals surface area contributed by atoms with Crippen molar-refractivity contribution in [3.63, 3.8) is 0 Å². The van der Waals surface area contributed by atoms with Crippen LogP contribution in [-0.4, -0.2) is 31.2 Å². The van der Waals surface area contributed by atoms with Crippen molar-refractivity contribution < 1.29 is 9.47 Å². The summed E-state index contributed by atoms with van der Waals surface area (Å²) < 4.78 is 11.6. The van der Waals surface area contributed by atoms with E-state index in [0.29, 0.717) is 19.3 Å². The van der Waals surface area contributed by atoms with Crippen LogP contribution in [-0.2, 0) is 0 Å². The van der Waals surface area contributed by atoms with Crippen LogP contribution in [0.3, 0.4) is 0 Å². The largest absolute Gasteiger partial charge is 0.486 e. The first-order chi connectivity index (χ1) is 9.90. The fraction of sp³-hybridized carbons (Fsp3) is 0.647. The number of nitrogens with zero attached hydrogens (tertiary/aromatic N) is 1. The van der Waals surface area contributed by atoms with Gasteiger partial charge >= 0.3 is 0 Å². The molecule has 110 valence electrons. The summed E-state index contributed by atoms with van der Waals surface area (Å²) in [5.41, 5.74) is 1.33. The minimum absolute atomic E-state index is 0.517. The van der Waals surface area contributed by atoms with Crippen LogP contribution in [0.1, 0.15) is 50.6 Å². The van der Waals surface area contributed by atoms with E-state index in [1.807, 2.05) is 6.07 Å². The predicted octanol–water partition coefficient (Wildman–Crippen LogP) is 3.78. The lowest BCUT2D eigenvalue weighted by Gasteiger charge is -2.28. The Hall–Kier alpha value is -1.22. The summed E-state index contributed by atoms with van der Waals surface area (Å²) in [6, 6.07) is 6.86. The molecule has 0 N–H and O–H groups in total. The molecule has 0 aromatic heterocycles. The van der Waals surface area contributed by atoms with Crippen molar-refractivity contribution >= 4 is 0 Å². The third-order valence-corrected chi connectivity index (χ3v) is 4.37. The number of benzene rings is 1. The maximum absolute atomic E-state index is 5.89. The molecule has 1 aromatic carbocycles. The molecule has 3 nitrogen and oxygen atoms in total. The zero-order valence-corrected chi connectivity index (χ0v) is 12.4. The van der Waals surface area contributed by atoms with Crippen molar-refractivity contribution in [2.24, 2.45) is 0 Å². The van der Waals surface area contributed by atoms with Crippen molar-refractivity contribution in [3.8, 4) is 11.5 Å². The van der Waals surface area contributed by atoms with Gasteiger partial charge in [0, 0.05) is 11.6 Å². The average Bonchev–Trinajstić information content (AvgIpc) is 2.95. The molecule has 3 rings (SSSR count). The van der Waals surface area contributed by atoms with Gasteiger partial charge in [0.15, 0.2) is 11.5 Å². The number of unbranched alkanes of at least 4 members (excludes halogenated alkanes) is 2. The summed E-state index contributed by atoms with van der Waals surface area (Å²) in [6.45, 7) is 6.04. The summed E-state index contributed by atoms with van der Waals surface area (Å²) in [5, 5.41) is 0. The molecule has 0 radical (unpaired) electrons. The van der Waals surface area contributed by atoms with Crippen LogP contribution in [0.4, 0.5) is 0 Å². The first kappa shape index (κ1) is 13.7. The Morgan fingerprint density at radius 2 is 2.10 bits per heavy atom. The molecule has 0 saturated carbocycles. The lowest BCUT2D eigenvalue weighted by molar-refractivity contribution is 0.164. The monoisotopic (exact) mass is 275 g/mol. The van der Waals surface area contributed by atoms with E-state index in [0.717, 1.165) is 11.5 Å². The highest BCUT2D eigenvalue weighted by molar-refractivity contribution is 5.49. The topological polar surface area (TPSA) is 21.7 Å². The van der Waals surface area contributed by atoms with Crippen molar-refractivity contribution in [2.75, 3.05) is 26.3 Å². The van der Waals surface area contributed by atoms with Gasteiger partial charge in [-0.1, -0.05) is 31.9 Å². The van der Waals surface area contributed by atoms with Gasteiger partial charge in [0.1, 0.15) is 13.2 Å². The van der Waals surface area contributed by atoms with Crippen LogP contribution in [0.5, 0.6) is 11.5 Å². The maximum atomic E-state index is 5.89. The van der Waals surface area contributed by atoms with Gasteiger partial charge in [-0.05, 0) is 38.4 Å². The van der Waals surface area contributed by atoms with Gasteiger partial charge in [-0.3, -0.25) is 4.90 Å². The molecule has 2 aliphatic heterocycles. The summed E-state index contributed by atoms with van der Waals surface area (Å²) in [5.74, 6) is 1.92. The van der Waals surface area contributed by atoms with Crippen LogP contribution < -0.4 is 9.47 Å². The molecule has 0 bridgehead atoms. The molecule has 1 aromatic rings. The van der Waals surface area contributed by atoms with Gasteiger partial charge < -0.3 is 9.47 Å². The summed E-state index contributed by atoms with van der Waals surface area (Å²) >= 11 is 0. The van der Waals surface area contributed by atoms with E-state index < -0.39 is 0 Å². The number of likely N-dealkylation sites (tertiary alicyclic amines) is 1. The first-order valence-corrected chi connectivity index (χ1v) is 8.02. The Bertz CT molecular complexity index is 447. The van der Waals surface area contributed by atoms with Crippen molar-refractivity contribution in [1.82, 2.24) is 4.90 Å². The Morgan fingerprint density at radius 1 is 1.20 bits per heavy atom. The summed E-state index contributed by atoms with van der Waals surface area (Å²) in [7, 11) is 0. The van der Waals surface area contributed by atoms with E-state index in [1.165, 1.54) is 50.8 Å². The average molecular weight is 275 g/mol. The Morgan fingerprint density at radius 3 is 3.00 bits per heavy atom. The number of para-hydroxylation sites is 1. The molecule has 3 heteroatoms. The lowest BCUT2D eigenvalue weighted by Crippen LogP contribution is -2.26. The van der Waals surface area contributed by atoms with E-state index in [4.69, 9.17) is 9.47 Å². The van der Waals surface area contributed by atoms with Gasteiger partial charge in [0.25, 0.3) is 0 Å². The van der Waals surface area contributed by atoms with Crippen LogP contribution >= 0.6 is 0 Å². The predicted molar refractivity (Wildman–Crippen MR) is 80.5 cm³/mol. The van der Waals surface area contributed by atoms with Gasteiger partial charge in [0.2, 0.25) is 0 Å². The quantitative estimate of drug-likeness (QED) is 0.763. The molecule has 1 unspecified atom stereocenters. The van der Waals surface area contributed by atoms with Gasteiger partial charge in [-0.25, -0.2) is 0 Å². The zero-order chi connectivity index (χ0) is 13.8. The summed E-state index contributed by atoms with van der Waals surface area (Å²) in [4.78, 5) is 2.63.